The van der Waals surface area contributed by atoms with Gasteiger partial charge < -0.3 is 29.6 Å². The smallest absolute Gasteiger partial charge is 0.255 e. The summed E-state index contributed by atoms with van der Waals surface area (Å²) >= 11 is 0. The molecule has 258 valence electrons. The van der Waals surface area contributed by atoms with Crippen molar-refractivity contribution in [3.05, 3.63) is 94.5 Å². The molecule has 0 spiro atoms. The summed E-state index contributed by atoms with van der Waals surface area (Å²) in [4.78, 5) is 31.9. The third-order valence-corrected chi connectivity index (χ3v) is 8.46. The number of hydrogen-bond donors (Lipinski definition) is 2. The Morgan fingerprint density at radius 3 is 1.31 bits per heavy atom. The van der Waals surface area contributed by atoms with Crippen LogP contribution in [0, 0.1) is 0 Å². The van der Waals surface area contributed by atoms with Gasteiger partial charge in [-0.25, -0.2) is 0 Å². The van der Waals surface area contributed by atoms with Gasteiger partial charge in [0.25, 0.3) is 11.8 Å². The number of nitrogens with one attached hydrogen (secondary N) is 2. The molecule has 6 rings (SSSR count). The number of rotatable bonds is 0. The molecule has 10 nitrogen and oxygen atoms in total. The van der Waals surface area contributed by atoms with Crippen LogP contribution >= 0.6 is 0 Å². The Bertz CT molecular complexity index is 1380. The van der Waals surface area contributed by atoms with Gasteiger partial charge in [-0.05, 0) is 64.6 Å². The highest BCUT2D eigenvalue weighted by Gasteiger charge is 2.21. The molecule has 2 N–H and O–H groups in total. The van der Waals surface area contributed by atoms with Crippen molar-refractivity contribution >= 4 is 23.2 Å². The molecule has 2 amide bonds. The minimum absolute atomic E-state index is 0.270. The molecule has 3 aliphatic rings. The quantitative estimate of drug-likeness (QED) is 0.341. The molecule has 1 saturated heterocycles. The van der Waals surface area contributed by atoms with Crippen LogP contribution in [-0.4, -0.2) is 101 Å². The summed E-state index contributed by atoms with van der Waals surface area (Å²) in [5.41, 5.74) is 4.98. The van der Waals surface area contributed by atoms with Gasteiger partial charge in [-0.1, -0.05) is 45.0 Å². The van der Waals surface area contributed by atoms with Crippen molar-refractivity contribution in [2.24, 2.45) is 0 Å². The van der Waals surface area contributed by atoms with Gasteiger partial charge in [-0.15, -0.1) is 0 Å². The number of amides is 2. The Hall–Kier alpha value is -3.64. The monoisotopic (exact) mass is 658 g/mol. The molecule has 0 radical (unpaired) electrons. The van der Waals surface area contributed by atoms with E-state index in [4.69, 9.17) is 18.9 Å². The Labute approximate surface area is 284 Å². The van der Waals surface area contributed by atoms with Crippen LogP contribution in [0.5, 0.6) is 0 Å². The fraction of sp³-hybridized carbons (Fsp3) is 0.474. The van der Waals surface area contributed by atoms with Gasteiger partial charge in [0.2, 0.25) is 0 Å². The molecule has 8 bridgehead atoms. The second kappa shape index (κ2) is 17.7. The van der Waals surface area contributed by atoms with Gasteiger partial charge in [0.05, 0.1) is 52.9 Å². The van der Waals surface area contributed by atoms with Gasteiger partial charge in [-0.2, -0.15) is 0 Å². The number of fused-ring (bicyclic) bond motifs is 16. The molecule has 0 aliphatic carbocycles. The molecule has 3 aromatic rings. The first kappa shape index (κ1) is 35.7. The van der Waals surface area contributed by atoms with E-state index in [1.165, 1.54) is 0 Å². The van der Waals surface area contributed by atoms with Crippen molar-refractivity contribution in [3.63, 3.8) is 0 Å². The number of anilines is 2. The SMILES string of the molecule is CC(C)(C)c1cc2cc(c1)C(=O)Nc1cccc(c1)CN1CCOCCOCCN(CCOCCOCC1)Cc1cccc(c1)NC2=O. The third kappa shape index (κ3) is 11.2. The van der Waals surface area contributed by atoms with E-state index in [-0.39, 0.29) is 17.2 Å². The Morgan fingerprint density at radius 1 is 0.542 bits per heavy atom. The topological polar surface area (TPSA) is 102 Å². The van der Waals surface area contributed by atoms with Crippen molar-refractivity contribution in [1.29, 1.82) is 0 Å². The van der Waals surface area contributed by atoms with E-state index < -0.39 is 0 Å². The van der Waals surface area contributed by atoms with E-state index in [2.05, 4.69) is 53.3 Å². The Kier molecular flexibility index (Phi) is 13.1. The van der Waals surface area contributed by atoms with Crippen molar-refractivity contribution in [2.75, 3.05) is 89.7 Å². The highest BCUT2D eigenvalue weighted by atomic mass is 16.5. The predicted octanol–water partition coefficient (Wildman–Crippen LogP) is 5.19. The first-order chi connectivity index (χ1) is 23.2. The van der Waals surface area contributed by atoms with Gasteiger partial charge in [0.1, 0.15) is 0 Å². The van der Waals surface area contributed by atoms with E-state index in [9.17, 15) is 9.59 Å². The number of ether oxygens (including phenoxy) is 4. The second-order valence-electron chi connectivity index (χ2n) is 13.4. The number of nitrogens with zero attached hydrogens (tertiary/aromatic N) is 2. The summed E-state index contributed by atoms with van der Waals surface area (Å²) in [6.07, 6.45) is 0. The zero-order valence-electron chi connectivity index (χ0n) is 28.6. The first-order valence-corrected chi connectivity index (χ1v) is 16.9. The average Bonchev–Trinajstić information content (AvgIpc) is 3.05. The van der Waals surface area contributed by atoms with Gasteiger partial charge >= 0.3 is 0 Å². The maximum Gasteiger partial charge on any atom is 0.255 e. The van der Waals surface area contributed by atoms with Crippen LogP contribution in [0.25, 0.3) is 0 Å². The highest BCUT2D eigenvalue weighted by Crippen LogP contribution is 2.26. The summed E-state index contributed by atoms with van der Waals surface area (Å²) in [5, 5.41) is 6.13. The Morgan fingerprint density at radius 2 is 0.938 bits per heavy atom. The molecule has 0 atom stereocenters. The second-order valence-corrected chi connectivity index (χ2v) is 13.4. The van der Waals surface area contributed by atoms with Crippen LogP contribution < -0.4 is 10.6 Å². The number of carbonyl (C=O) groups is 2. The maximum absolute atomic E-state index is 13.7. The van der Waals surface area contributed by atoms with E-state index in [0.717, 1.165) is 42.9 Å². The van der Waals surface area contributed by atoms with E-state index in [0.29, 0.717) is 88.4 Å². The van der Waals surface area contributed by atoms with Crippen molar-refractivity contribution in [3.8, 4) is 0 Å². The number of hydrogen-bond acceptors (Lipinski definition) is 8. The van der Waals surface area contributed by atoms with Crippen molar-refractivity contribution < 1.29 is 28.5 Å². The normalized spacial score (nSPS) is 21.4. The lowest BCUT2D eigenvalue weighted by Crippen LogP contribution is -2.32. The number of carbonyl (C=O) groups excluding carboxylic acids is 2. The third-order valence-electron chi connectivity index (χ3n) is 8.46. The summed E-state index contributed by atoms with van der Waals surface area (Å²) in [7, 11) is 0. The van der Waals surface area contributed by atoms with Crippen molar-refractivity contribution in [2.45, 2.75) is 39.3 Å². The van der Waals surface area contributed by atoms with Crippen LogP contribution in [0.15, 0.2) is 66.7 Å². The highest BCUT2D eigenvalue weighted by molar-refractivity contribution is 6.09. The van der Waals surface area contributed by atoms with Crippen LogP contribution in [0.2, 0.25) is 0 Å². The molecule has 3 aromatic carbocycles. The summed E-state index contributed by atoms with van der Waals surface area (Å²) < 4.78 is 23.7. The van der Waals surface area contributed by atoms with Crippen LogP contribution in [0.4, 0.5) is 11.4 Å². The predicted molar refractivity (Wildman–Crippen MR) is 188 cm³/mol. The molecule has 1 fully saturated rings. The zero-order valence-corrected chi connectivity index (χ0v) is 28.6. The molecule has 0 aromatic heterocycles. The van der Waals surface area contributed by atoms with Gasteiger partial charge in [-0.3, -0.25) is 19.4 Å². The summed E-state index contributed by atoms with van der Waals surface area (Å²) in [5.74, 6) is -0.540. The summed E-state index contributed by atoms with van der Waals surface area (Å²) in [6.45, 7) is 14.9. The molecular formula is C38H50N4O6. The van der Waals surface area contributed by atoms with Crippen LogP contribution in [-0.2, 0) is 37.5 Å². The van der Waals surface area contributed by atoms with E-state index in [1.807, 2.05) is 48.5 Å². The fourth-order valence-corrected chi connectivity index (χ4v) is 5.70. The van der Waals surface area contributed by atoms with Crippen molar-refractivity contribution in [1.82, 2.24) is 9.80 Å². The Balaban J connectivity index is 1.48. The molecular weight excluding hydrogens is 608 g/mol. The van der Waals surface area contributed by atoms with Crippen LogP contribution in [0.1, 0.15) is 58.2 Å². The van der Waals surface area contributed by atoms with Crippen LogP contribution in [0.3, 0.4) is 0 Å². The minimum atomic E-state index is -0.276. The lowest BCUT2D eigenvalue weighted by molar-refractivity contribution is 0.00624. The molecule has 0 unspecified atom stereocenters. The van der Waals surface area contributed by atoms with E-state index in [1.54, 1.807) is 6.07 Å². The molecule has 10 heteroatoms. The molecule has 0 saturated carbocycles. The molecule has 3 aliphatic heterocycles. The minimum Gasteiger partial charge on any atom is -0.378 e. The van der Waals surface area contributed by atoms with E-state index >= 15 is 0 Å². The average molecular weight is 659 g/mol. The van der Waals surface area contributed by atoms with Gasteiger partial charge in [0, 0.05) is 61.8 Å². The lowest BCUT2D eigenvalue weighted by Gasteiger charge is -2.24. The fourth-order valence-electron chi connectivity index (χ4n) is 5.70. The van der Waals surface area contributed by atoms with Gasteiger partial charge in [0.15, 0.2) is 0 Å². The number of benzene rings is 3. The summed E-state index contributed by atoms with van der Waals surface area (Å²) in [6, 6.07) is 21.2. The molecule has 48 heavy (non-hydrogen) atoms. The zero-order chi connectivity index (χ0) is 33.8. The molecule has 3 heterocycles. The maximum atomic E-state index is 13.7. The standard InChI is InChI=1S/C38H50N4O6/c1-38(2,3)33-25-31-24-32(26-33)37(44)40-35-9-5-7-30(23-35)28-42-12-16-47-20-18-45-14-10-41(11-15-46-19-21-48-17-13-42)27-29-6-4-8-34(22-29)39-36(31)43/h4-9,22-26H,10-21,27-28H2,1-3H3,(H,39,43)(H,40,44). The first-order valence-electron chi connectivity index (χ1n) is 16.9. The largest absolute Gasteiger partial charge is 0.378 e. The lowest BCUT2D eigenvalue weighted by atomic mass is 9.85.